The van der Waals surface area contributed by atoms with E-state index in [1.807, 2.05) is 32.2 Å². The van der Waals surface area contributed by atoms with Crippen molar-refractivity contribution in [2.24, 2.45) is 5.92 Å². The molecule has 1 heterocycles. The van der Waals surface area contributed by atoms with Gasteiger partial charge in [-0.05, 0) is 25.5 Å². The van der Waals surface area contributed by atoms with Crippen LogP contribution in [0.2, 0.25) is 0 Å². The van der Waals surface area contributed by atoms with Gasteiger partial charge in [-0.15, -0.1) is 17.9 Å². The van der Waals surface area contributed by atoms with Crippen molar-refractivity contribution in [3.05, 3.63) is 34.3 Å². The fourth-order valence-electron chi connectivity index (χ4n) is 1.31. The highest BCUT2D eigenvalue weighted by molar-refractivity contribution is 7.09. The zero-order valence-electron chi connectivity index (χ0n) is 9.40. The predicted molar refractivity (Wildman–Crippen MR) is 65.9 cm³/mol. The summed E-state index contributed by atoms with van der Waals surface area (Å²) in [7, 11) is 0. The van der Waals surface area contributed by atoms with E-state index in [1.54, 1.807) is 17.4 Å². The van der Waals surface area contributed by atoms with Gasteiger partial charge in [0.1, 0.15) is 0 Å². The lowest BCUT2D eigenvalue weighted by atomic mass is 9.98. The first-order valence-electron chi connectivity index (χ1n) is 4.95. The Kier molecular flexibility index (Phi) is 4.24. The van der Waals surface area contributed by atoms with Gasteiger partial charge in [0.2, 0.25) is 0 Å². The predicted octanol–water partition coefficient (Wildman–Crippen LogP) is 3.04. The van der Waals surface area contributed by atoms with E-state index in [1.165, 1.54) is 0 Å². The molecule has 1 aromatic rings. The fraction of sp³-hybridized carbons (Fsp3) is 0.417. The van der Waals surface area contributed by atoms with E-state index >= 15 is 0 Å². The van der Waals surface area contributed by atoms with Gasteiger partial charge < -0.3 is 5.11 Å². The Balaban J connectivity index is 2.79. The minimum Gasteiger partial charge on any atom is -0.388 e. The van der Waals surface area contributed by atoms with E-state index in [0.29, 0.717) is 0 Å². The van der Waals surface area contributed by atoms with Crippen LogP contribution < -0.4 is 0 Å². The number of aromatic nitrogens is 1. The van der Waals surface area contributed by atoms with E-state index in [-0.39, 0.29) is 5.92 Å². The number of hydrogen-bond acceptors (Lipinski definition) is 3. The number of aryl methyl sites for hydroxylation is 1. The van der Waals surface area contributed by atoms with Crippen molar-refractivity contribution in [2.45, 2.75) is 26.9 Å². The van der Waals surface area contributed by atoms with Crippen LogP contribution in [0.3, 0.4) is 0 Å². The molecule has 82 valence electrons. The smallest absolute Gasteiger partial charge is 0.0901 e. The maximum atomic E-state index is 9.89. The lowest BCUT2D eigenvalue weighted by Crippen LogP contribution is -2.16. The summed E-state index contributed by atoms with van der Waals surface area (Å²) in [6, 6.07) is 0. The molecule has 1 N–H and O–H groups in total. The second-order valence-electron chi connectivity index (χ2n) is 3.72. The summed E-state index contributed by atoms with van der Waals surface area (Å²) < 4.78 is 0. The number of thiazole rings is 1. The summed E-state index contributed by atoms with van der Waals surface area (Å²) in [5, 5.41) is 12.9. The van der Waals surface area contributed by atoms with Gasteiger partial charge in [0, 0.05) is 11.3 Å². The number of rotatable bonds is 4. The van der Waals surface area contributed by atoms with E-state index in [0.717, 1.165) is 16.3 Å². The monoisotopic (exact) mass is 223 g/mol. The third-order valence-corrected chi connectivity index (χ3v) is 3.14. The molecular formula is C12H17NOS. The van der Waals surface area contributed by atoms with Crippen molar-refractivity contribution in [3.63, 3.8) is 0 Å². The number of aliphatic hydroxyl groups is 1. The molecule has 0 fully saturated rings. The van der Waals surface area contributed by atoms with Gasteiger partial charge in [-0.2, -0.15) is 0 Å². The molecule has 0 aromatic carbocycles. The number of aliphatic hydroxyl groups excluding tert-OH is 1. The van der Waals surface area contributed by atoms with Gasteiger partial charge in [-0.1, -0.05) is 13.0 Å². The molecule has 0 radical (unpaired) electrons. The Hall–Kier alpha value is -0.930. The van der Waals surface area contributed by atoms with Crippen LogP contribution in [-0.4, -0.2) is 16.2 Å². The molecule has 0 saturated heterocycles. The standard InChI is InChI=1S/C12H17NOS/c1-5-8(2)12(14)9(3)6-11-7-15-10(4)13-11/h5-8,12,14H,1H2,2-4H3/b9-6+/t8-,12-/m0/s1. The Morgan fingerprint density at radius 3 is 2.80 bits per heavy atom. The van der Waals surface area contributed by atoms with Crippen molar-refractivity contribution in [1.29, 1.82) is 0 Å². The maximum Gasteiger partial charge on any atom is 0.0901 e. The normalized spacial score (nSPS) is 16.1. The third kappa shape index (κ3) is 3.29. The van der Waals surface area contributed by atoms with Crippen molar-refractivity contribution in [3.8, 4) is 0 Å². The molecule has 2 atom stereocenters. The van der Waals surface area contributed by atoms with Crippen LogP contribution in [0.5, 0.6) is 0 Å². The summed E-state index contributed by atoms with van der Waals surface area (Å²) in [6.45, 7) is 9.51. The Morgan fingerprint density at radius 1 is 1.67 bits per heavy atom. The van der Waals surface area contributed by atoms with Crippen LogP contribution in [0.1, 0.15) is 24.5 Å². The van der Waals surface area contributed by atoms with Crippen molar-refractivity contribution in [1.82, 2.24) is 4.98 Å². The highest BCUT2D eigenvalue weighted by Gasteiger charge is 2.12. The lowest BCUT2D eigenvalue weighted by Gasteiger charge is -2.15. The molecule has 0 bridgehead atoms. The second kappa shape index (κ2) is 5.24. The minimum atomic E-state index is -0.468. The molecule has 0 aliphatic heterocycles. The van der Waals surface area contributed by atoms with Gasteiger partial charge in [0.15, 0.2) is 0 Å². The van der Waals surface area contributed by atoms with Crippen molar-refractivity contribution in [2.75, 3.05) is 0 Å². The molecule has 3 heteroatoms. The average molecular weight is 223 g/mol. The summed E-state index contributed by atoms with van der Waals surface area (Å²) in [5.74, 6) is 0.0704. The first-order valence-corrected chi connectivity index (χ1v) is 5.83. The van der Waals surface area contributed by atoms with Gasteiger partial charge in [0.25, 0.3) is 0 Å². The third-order valence-electron chi connectivity index (χ3n) is 2.35. The molecule has 1 aromatic heterocycles. The van der Waals surface area contributed by atoms with Crippen LogP contribution in [0.15, 0.2) is 23.6 Å². The van der Waals surface area contributed by atoms with Crippen LogP contribution in [0, 0.1) is 12.8 Å². The summed E-state index contributed by atoms with van der Waals surface area (Å²) in [4.78, 5) is 4.32. The molecule has 15 heavy (non-hydrogen) atoms. The molecular weight excluding hydrogens is 206 g/mol. The highest BCUT2D eigenvalue weighted by atomic mass is 32.1. The average Bonchev–Trinajstić information content (AvgIpc) is 2.61. The highest BCUT2D eigenvalue weighted by Crippen LogP contribution is 2.17. The van der Waals surface area contributed by atoms with Crippen molar-refractivity contribution >= 4 is 17.4 Å². The topological polar surface area (TPSA) is 33.1 Å². The van der Waals surface area contributed by atoms with Gasteiger partial charge in [-0.25, -0.2) is 4.98 Å². The van der Waals surface area contributed by atoms with E-state index in [2.05, 4.69) is 11.6 Å². The summed E-state index contributed by atoms with van der Waals surface area (Å²) in [5.41, 5.74) is 1.85. The lowest BCUT2D eigenvalue weighted by molar-refractivity contribution is 0.174. The first-order chi connectivity index (χ1) is 7.04. The summed E-state index contributed by atoms with van der Waals surface area (Å²) >= 11 is 1.61. The van der Waals surface area contributed by atoms with Crippen molar-refractivity contribution < 1.29 is 5.11 Å². The SMILES string of the molecule is C=C[C@H](C)[C@H](O)/C(C)=C/c1csc(C)n1. The molecule has 0 saturated carbocycles. The first kappa shape index (κ1) is 12.1. The number of hydrogen-bond donors (Lipinski definition) is 1. The summed E-state index contributed by atoms with van der Waals surface area (Å²) in [6.07, 6.45) is 3.21. The van der Waals surface area contributed by atoms with Crippen LogP contribution in [-0.2, 0) is 0 Å². The second-order valence-corrected chi connectivity index (χ2v) is 4.78. The van der Waals surface area contributed by atoms with Gasteiger partial charge in [0.05, 0.1) is 16.8 Å². The fourth-order valence-corrected chi connectivity index (χ4v) is 1.88. The van der Waals surface area contributed by atoms with Gasteiger partial charge >= 0.3 is 0 Å². The maximum absolute atomic E-state index is 9.89. The Bertz CT molecular complexity index is 367. The van der Waals surface area contributed by atoms with Crippen LogP contribution >= 0.6 is 11.3 Å². The zero-order chi connectivity index (χ0) is 11.4. The van der Waals surface area contributed by atoms with Crippen LogP contribution in [0.25, 0.3) is 6.08 Å². The van der Waals surface area contributed by atoms with E-state index in [9.17, 15) is 5.11 Å². The number of nitrogens with zero attached hydrogens (tertiary/aromatic N) is 1. The molecule has 0 spiro atoms. The molecule has 2 nitrogen and oxygen atoms in total. The van der Waals surface area contributed by atoms with Gasteiger partial charge in [-0.3, -0.25) is 0 Å². The molecule has 0 unspecified atom stereocenters. The minimum absolute atomic E-state index is 0.0704. The molecule has 0 amide bonds. The van der Waals surface area contributed by atoms with E-state index < -0.39 is 6.10 Å². The molecule has 1 rings (SSSR count). The van der Waals surface area contributed by atoms with Crippen LogP contribution in [0.4, 0.5) is 0 Å². The Labute approximate surface area is 95.0 Å². The molecule has 0 aliphatic rings. The van der Waals surface area contributed by atoms with E-state index in [4.69, 9.17) is 0 Å². The Morgan fingerprint density at radius 2 is 2.33 bits per heavy atom. The quantitative estimate of drug-likeness (QED) is 0.796. The molecule has 0 aliphatic carbocycles. The largest absolute Gasteiger partial charge is 0.388 e. The zero-order valence-corrected chi connectivity index (χ0v) is 10.2.